The van der Waals surface area contributed by atoms with E-state index < -0.39 is 27.0 Å². The maximum Gasteiger partial charge on any atom is 0.238 e. The molecule has 1 amide bonds. The van der Waals surface area contributed by atoms with Crippen LogP contribution in [0.3, 0.4) is 0 Å². The Hall–Kier alpha value is -0.620. The van der Waals surface area contributed by atoms with Crippen molar-refractivity contribution < 1.29 is 13.2 Å². The number of hydrogen-bond acceptors (Lipinski definition) is 4. The van der Waals surface area contributed by atoms with E-state index in [0.29, 0.717) is 12.5 Å². The van der Waals surface area contributed by atoms with E-state index in [1.54, 1.807) is 6.92 Å². The summed E-state index contributed by atoms with van der Waals surface area (Å²) in [6, 6.07) is -0.453. The van der Waals surface area contributed by atoms with Crippen LogP contribution in [0.2, 0.25) is 0 Å². The number of rotatable bonds is 7. The van der Waals surface area contributed by atoms with Crippen LogP contribution in [-0.4, -0.2) is 37.9 Å². The molecule has 6 heteroatoms. The highest BCUT2D eigenvalue weighted by molar-refractivity contribution is 7.92. The molecule has 0 heterocycles. The molecule has 17 heavy (non-hydrogen) atoms. The van der Waals surface area contributed by atoms with Gasteiger partial charge in [0.2, 0.25) is 5.91 Å². The highest BCUT2D eigenvalue weighted by Gasteiger charge is 2.28. The fourth-order valence-corrected chi connectivity index (χ4v) is 2.73. The van der Waals surface area contributed by atoms with Gasteiger partial charge in [-0.15, -0.1) is 0 Å². The molecular weight excluding hydrogens is 240 g/mol. The Balaban J connectivity index is 4.30. The minimum absolute atomic E-state index is 0.161. The number of nitrogens with two attached hydrogens (primary N) is 1. The molecule has 0 aromatic carbocycles. The van der Waals surface area contributed by atoms with Crippen molar-refractivity contribution >= 4 is 15.7 Å². The number of carbonyl (C=O) groups is 1. The molecule has 2 unspecified atom stereocenters. The maximum atomic E-state index is 11.7. The molecule has 0 fully saturated rings. The van der Waals surface area contributed by atoms with E-state index >= 15 is 0 Å². The predicted molar refractivity (Wildman–Crippen MR) is 69.4 cm³/mol. The van der Waals surface area contributed by atoms with Gasteiger partial charge in [0.15, 0.2) is 9.84 Å². The van der Waals surface area contributed by atoms with E-state index in [1.807, 2.05) is 13.8 Å². The third kappa shape index (κ3) is 6.63. The van der Waals surface area contributed by atoms with E-state index in [4.69, 9.17) is 5.73 Å². The van der Waals surface area contributed by atoms with Gasteiger partial charge >= 0.3 is 0 Å². The first-order valence-corrected chi connectivity index (χ1v) is 7.63. The summed E-state index contributed by atoms with van der Waals surface area (Å²) >= 11 is 0. The Morgan fingerprint density at radius 2 is 1.76 bits per heavy atom. The van der Waals surface area contributed by atoms with Gasteiger partial charge in [0.1, 0.15) is 5.25 Å². The third-order valence-electron chi connectivity index (χ3n) is 2.42. The molecule has 0 rings (SSSR count). The van der Waals surface area contributed by atoms with Gasteiger partial charge < -0.3 is 11.1 Å². The summed E-state index contributed by atoms with van der Waals surface area (Å²) < 4.78 is 23.5. The number of sulfone groups is 1. The predicted octanol–water partition coefficient (Wildman–Crippen LogP) is 0.299. The normalized spacial score (nSPS) is 15.6. The minimum Gasteiger partial charge on any atom is -0.355 e. The average Bonchev–Trinajstić information content (AvgIpc) is 2.13. The number of carbonyl (C=O) groups excluding carboxylic acids is 1. The quantitative estimate of drug-likeness (QED) is 0.692. The fourth-order valence-electron chi connectivity index (χ4n) is 1.30. The third-order valence-corrected chi connectivity index (χ3v) is 4.71. The first-order chi connectivity index (χ1) is 7.66. The SMILES string of the molecule is CC(C)CCNC(=O)C(C)S(=O)(=O)CC(C)N. The van der Waals surface area contributed by atoms with Crippen LogP contribution in [0.25, 0.3) is 0 Å². The maximum absolute atomic E-state index is 11.7. The van der Waals surface area contributed by atoms with Crippen molar-refractivity contribution in [3.05, 3.63) is 0 Å². The van der Waals surface area contributed by atoms with Crippen molar-refractivity contribution in [1.82, 2.24) is 5.32 Å². The summed E-state index contributed by atoms with van der Waals surface area (Å²) in [6.07, 6.45) is 0.839. The molecule has 0 aliphatic rings. The van der Waals surface area contributed by atoms with Gasteiger partial charge in [-0.2, -0.15) is 0 Å². The van der Waals surface area contributed by atoms with Gasteiger partial charge in [-0.1, -0.05) is 13.8 Å². The molecule has 0 aliphatic heterocycles. The second-order valence-corrected chi connectivity index (χ2v) is 7.29. The topological polar surface area (TPSA) is 89.3 Å². The lowest BCUT2D eigenvalue weighted by atomic mass is 10.1. The van der Waals surface area contributed by atoms with Crippen LogP contribution in [-0.2, 0) is 14.6 Å². The largest absolute Gasteiger partial charge is 0.355 e. The van der Waals surface area contributed by atoms with Crippen molar-refractivity contribution in [2.24, 2.45) is 11.7 Å². The summed E-state index contributed by atoms with van der Waals surface area (Å²) in [4.78, 5) is 11.6. The second-order valence-electron chi connectivity index (χ2n) is 4.92. The molecule has 0 aromatic heterocycles. The van der Waals surface area contributed by atoms with Crippen LogP contribution in [0.4, 0.5) is 0 Å². The molecule has 0 saturated carbocycles. The highest BCUT2D eigenvalue weighted by atomic mass is 32.2. The van der Waals surface area contributed by atoms with Crippen molar-refractivity contribution in [1.29, 1.82) is 0 Å². The fraction of sp³-hybridized carbons (Fsp3) is 0.909. The lowest BCUT2D eigenvalue weighted by Gasteiger charge is -2.15. The monoisotopic (exact) mass is 264 g/mol. The number of nitrogens with one attached hydrogen (secondary N) is 1. The van der Waals surface area contributed by atoms with Gasteiger partial charge in [-0.05, 0) is 26.2 Å². The first-order valence-electron chi connectivity index (χ1n) is 5.91. The number of hydrogen-bond donors (Lipinski definition) is 2. The smallest absolute Gasteiger partial charge is 0.238 e. The summed E-state index contributed by atoms with van der Waals surface area (Å²) in [5.74, 6) is -0.122. The van der Waals surface area contributed by atoms with Crippen LogP contribution in [0, 0.1) is 5.92 Å². The van der Waals surface area contributed by atoms with Gasteiger partial charge in [-0.25, -0.2) is 8.42 Å². The summed E-state index contributed by atoms with van der Waals surface area (Å²) in [6.45, 7) is 7.61. The average molecular weight is 264 g/mol. The molecule has 0 radical (unpaired) electrons. The first kappa shape index (κ1) is 16.4. The van der Waals surface area contributed by atoms with Gasteiger partial charge in [0, 0.05) is 12.6 Å². The van der Waals surface area contributed by atoms with Crippen LogP contribution in [0.1, 0.15) is 34.1 Å². The second kappa shape index (κ2) is 6.96. The highest BCUT2D eigenvalue weighted by Crippen LogP contribution is 2.04. The van der Waals surface area contributed by atoms with Crippen LogP contribution in [0.15, 0.2) is 0 Å². The van der Waals surface area contributed by atoms with Crippen molar-refractivity contribution in [2.45, 2.75) is 45.4 Å². The van der Waals surface area contributed by atoms with Crippen molar-refractivity contribution in [3.63, 3.8) is 0 Å². The van der Waals surface area contributed by atoms with Crippen LogP contribution < -0.4 is 11.1 Å². The molecule has 0 saturated heterocycles. The summed E-state index contributed by atoms with van der Waals surface area (Å²) in [5.41, 5.74) is 5.45. The summed E-state index contributed by atoms with van der Waals surface area (Å²) in [5, 5.41) is 1.61. The van der Waals surface area contributed by atoms with E-state index in [-0.39, 0.29) is 5.75 Å². The zero-order valence-corrected chi connectivity index (χ0v) is 11.9. The van der Waals surface area contributed by atoms with Gasteiger partial charge in [0.25, 0.3) is 0 Å². The molecule has 0 spiro atoms. The molecule has 2 atom stereocenters. The molecule has 0 aromatic rings. The zero-order valence-electron chi connectivity index (χ0n) is 11.1. The van der Waals surface area contributed by atoms with Crippen LogP contribution >= 0.6 is 0 Å². The Labute approximate surface area is 104 Å². The van der Waals surface area contributed by atoms with Gasteiger partial charge in [0.05, 0.1) is 5.75 Å². The lowest BCUT2D eigenvalue weighted by Crippen LogP contribution is -2.42. The molecule has 3 N–H and O–H groups in total. The summed E-state index contributed by atoms with van der Waals surface area (Å²) in [7, 11) is -3.45. The Kier molecular flexibility index (Phi) is 6.70. The standard InChI is InChI=1S/C11H24N2O3S/c1-8(2)5-6-13-11(14)10(4)17(15,16)7-9(3)12/h8-10H,5-7,12H2,1-4H3,(H,13,14). The van der Waals surface area contributed by atoms with E-state index in [2.05, 4.69) is 5.32 Å². The molecular formula is C11H24N2O3S. The van der Waals surface area contributed by atoms with E-state index in [0.717, 1.165) is 6.42 Å². The molecule has 0 bridgehead atoms. The van der Waals surface area contributed by atoms with Crippen molar-refractivity contribution in [3.8, 4) is 0 Å². The van der Waals surface area contributed by atoms with Crippen molar-refractivity contribution in [2.75, 3.05) is 12.3 Å². The zero-order chi connectivity index (χ0) is 13.6. The Morgan fingerprint density at radius 1 is 1.24 bits per heavy atom. The molecule has 5 nitrogen and oxygen atoms in total. The lowest BCUT2D eigenvalue weighted by molar-refractivity contribution is -0.120. The molecule has 102 valence electrons. The van der Waals surface area contributed by atoms with E-state index in [9.17, 15) is 13.2 Å². The van der Waals surface area contributed by atoms with E-state index in [1.165, 1.54) is 6.92 Å². The Bertz CT molecular complexity index is 337. The Morgan fingerprint density at radius 3 is 2.18 bits per heavy atom. The minimum atomic E-state index is -3.45. The molecule has 0 aliphatic carbocycles. The van der Waals surface area contributed by atoms with Gasteiger partial charge in [-0.3, -0.25) is 4.79 Å². The number of amides is 1. The van der Waals surface area contributed by atoms with Crippen LogP contribution in [0.5, 0.6) is 0 Å².